The molecule has 0 aliphatic heterocycles. The number of ether oxygens (including phenoxy) is 1. The van der Waals surface area contributed by atoms with Gasteiger partial charge < -0.3 is 25.0 Å². The maximum atomic E-state index is 12.7. The number of aliphatic hydroxyl groups excluding tert-OH is 3. The molecule has 7 nitrogen and oxygen atoms in total. The predicted octanol–water partition coefficient (Wildman–Crippen LogP) is 4.46. The van der Waals surface area contributed by atoms with Gasteiger partial charge in [-0.1, -0.05) is 20.8 Å². The van der Waals surface area contributed by atoms with Gasteiger partial charge in [-0.15, -0.1) is 0 Å². The highest BCUT2D eigenvalue weighted by Gasteiger charge is 2.65. The van der Waals surface area contributed by atoms with Crippen LogP contribution in [0.2, 0.25) is 0 Å². The molecule has 4 aliphatic carbocycles. The molecule has 6 rings (SSSR count). The lowest BCUT2D eigenvalue weighted by atomic mass is 9.43. The van der Waals surface area contributed by atoms with Gasteiger partial charge in [-0.2, -0.15) is 0 Å². The zero-order valence-corrected chi connectivity index (χ0v) is 23.9. The Kier molecular flexibility index (Phi) is 6.87. The molecule has 1 unspecified atom stereocenters. The summed E-state index contributed by atoms with van der Waals surface area (Å²) in [6.07, 6.45) is 6.82. The Morgan fingerprint density at radius 3 is 2.67 bits per heavy atom. The molecular weight excluding hydrogens is 492 g/mol. The Bertz CT molecular complexity index is 1280. The van der Waals surface area contributed by atoms with Crippen LogP contribution in [0.25, 0.3) is 10.9 Å². The first-order valence-electron chi connectivity index (χ1n) is 15.2. The highest BCUT2D eigenvalue weighted by molar-refractivity contribution is 5.79. The van der Waals surface area contributed by atoms with Crippen molar-refractivity contribution in [3.05, 3.63) is 34.4 Å². The Labute approximate surface area is 231 Å². The van der Waals surface area contributed by atoms with Crippen LogP contribution in [-0.2, 0) is 6.42 Å². The molecule has 1 aromatic heterocycles. The quantitative estimate of drug-likeness (QED) is 0.447. The van der Waals surface area contributed by atoms with E-state index in [1.165, 1.54) is 0 Å². The molecule has 4 aliphatic rings. The number of nitrogens with one attached hydrogen (secondary N) is 1. The molecule has 0 radical (unpaired) electrons. The number of nitrogens with zero attached hydrogens (tertiary/aromatic N) is 1. The van der Waals surface area contributed by atoms with Gasteiger partial charge in [0, 0.05) is 12.5 Å². The number of aromatic nitrogens is 2. The fraction of sp³-hybridized carbons (Fsp3) is 0.750. The topological polar surface area (TPSA) is 116 Å². The number of hydrogen-bond donors (Lipinski definition) is 4. The highest BCUT2D eigenvalue weighted by atomic mass is 16.5. The SMILES string of the molecule is COc1ccc2c(=O)[nH]c(CC[C@@H](C)[C@H]3CC[C@H]4[C@H]5C(C[C@H](O)[C@]34C)[C@@]3(C)CC[C@@H](O)C[C@H]3C[C@H]5O)nc2c1. The highest BCUT2D eigenvalue weighted by Crippen LogP contribution is 2.68. The van der Waals surface area contributed by atoms with Crippen LogP contribution >= 0.6 is 0 Å². The number of hydrogen-bond acceptors (Lipinski definition) is 6. The van der Waals surface area contributed by atoms with Crippen molar-refractivity contribution in [2.75, 3.05) is 7.11 Å². The number of fused-ring (bicyclic) bond motifs is 6. The summed E-state index contributed by atoms with van der Waals surface area (Å²) in [5, 5.41) is 34.2. The maximum Gasteiger partial charge on any atom is 0.258 e. The average Bonchev–Trinajstić information content (AvgIpc) is 3.27. The molecule has 214 valence electrons. The van der Waals surface area contributed by atoms with Crippen LogP contribution < -0.4 is 10.3 Å². The first-order chi connectivity index (χ1) is 18.6. The minimum Gasteiger partial charge on any atom is -0.497 e. The summed E-state index contributed by atoms with van der Waals surface area (Å²) in [4.78, 5) is 20.4. The van der Waals surface area contributed by atoms with Crippen LogP contribution in [0.3, 0.4) is 0 Å². The third kappa shape index (κ3) is 4.26. The first-order valence-corrected chi connectivity index (χ1v) is 15.2. The molecule has 0 bridgehead atoms. The molecule has 11 atom stereocenters. The number of benzene rings is 1. The zero-order valence-electron chi connectivity index (χ0n) is 23.9. The van der Waals surface area contributed by atoms with Crippen molar-refractivity contribution >= 4 is 10.9 Å². The lowest BCUT2D eigenvalue weighted by molar-refractivity contribution is -0.207. The third-order valence-corrected chi connectivity index (χ3v) is 12.3. The molecule has 4 N–H and O–H groups in total. The molecule has 0 amide bonds. The largest absolute Gasteiger partial charge is 0.497 e. The van der Waals surface area contributed by atoms with Crippen molar-refractivity contribution in [1.29, 1.82) is 0 Å². The Morgan fingerprint density at radius 2 is 1.90 bits per heavy atom. The number of aromatic amines is 1. The molecule has 1 aromatic carbocycles. The summed E-state index contributed by atoms with van der Waals surface area (Å²) in [6.45, 7) is 6.96. The van der Waals surface area contributed by atoms with Crippen molar-refractivity contribution in [3.8, 4) is 5.75 Å². The Hall–Kier alpha value is -1.96. The minimum absolute atomic E-state index is 0.0887. The normalized spacial score (nSPS) is 42.4. The van der Waals surface area contributed by atoms with Gasteiger partial charge in [0.15, 0.2) is 0 Å². The molecule has 7 heteroatoms. The van der Waals surface area contributed by atoms with E-state index in [0.29, 0.717) is 58.5 Å². The summed E-state index contributed by atoms with van der Waals surface area (Å²) in [5.74, 6) is 3.26. The minimum atomic E-state index is -0.389. The van der Waals surface area contributed by atoms with Crippen molar-refractivity contribution in [2.45, 2.75) is 96.9 Å². The van der Waals surface area contributed by atoms with Crippen molar-refractivity contribution in [1.82, 2.24) is 9.97 Å². The summed E-state index contributed by atoms with van der Waals surface area (Å²) in [6, 6.07) is 5.34. The third-order valence-electron chi connectivity index (χ3n) is 12.3. The van der Waals surface area contributed by atoms with Gasteiger partial charge in [-0.3, -0.25) is 4.79 Å². The van der Waals surface area contributed by atoms with E-state index in [2.05, 4.69) is 25.8 Å². The number of aliphatic hydroxyl groups is 3. The van der Waals surface area contributed by atoms with Crippen LogP contribution in [0.4, 0.5) is 0 Å². The zero-order chi connectivity index (χ0) is 27.7. The van der Waals surface area contributed by atoms with E-state index >= 15 is 0 Å². The van der Waals surface area contributed by atoms with E-state index in [0.717, 1.165) is 51.4 Å². The van der Waals surface area contributed by atoms with E-state index in [4.69, 9.17) is 9.72 Å². The standard InChI is InChI=1S/C32H46N2O5/c1-17(5-10-28-33-25-15-20(39-4)6-7-21(25)30(38)34-28)22-8-9-23-29-24(16-27(37)32(22,23)3)31(2)12-11-19(35)13-18(31)14-26(29)36/h6-7,15,17-19,22-24,26-27,29,35-37H,5,8-14,16H2,1-4H3,(H,33,34,38)/t17-,18+,19-,22-,23+,24?,26-,27+,29+,31+,32-/m1/s1. The van der Waals surface area contributed by atoms with Gasteiger partial charge in [0.2, 0.25) is 0 Å². The van der Waals surface area contributed by atoms with E-state index in [9.17, 15) is 20.1 Å². The second kappa shape index (κ2) is 9.85. The molecule has 1 heterocycles. The average molecular weight is 539 g/mol. The molecule has 0 saturated heterocycles. The second-order valence-corrected chi connectivity index (χ2v) is 13.9. The number of H-pyrrole nitrogens is 1. The second-order valence-electron chi connectivity index (χ2n) is 13.9. The molecular formula is C32H46N2O5. The maximum absolute atomic E-state index is 12.7. The molecule has 4 saturated carbocycles. The van der Waals surface area contributed by atoms with E-state index in [1.807, 2.05) is 6.07 Å². The number of methoxy groups -OCH3 is 1. The van der Waals surface area contributed by atoms with Gasteiger partial charge in [0.25, 0.3) is 5.56 Å². The molecule has 39 heavy (non-hydrogen) atoms. The smallest absolute Gasteiger partial charge is 0.258 e. The van der Waals surface area contributed by atoms with Gasteiger partial charge in [0.1, 0.15) is 11.6 Å². The van der Waals surface area contributed by atoms with Gasteiger partial charge in [-0.25, -0.2) is 4.98 Å². The van der Waals surface area contributed by atoms with Crippen LogP contribution in [-0.4, -0.2) is 50.7 Å². The summed E-state index contributed by atoms with van der Waals surface area (Å²) in [7, 11) is 1.61. The van der Waals surface area contributed by atoms with Crippen molar-refractivity contribution in [3.63, 3.8) is 0 Å². The van der Waals surface area contributed by atoms with Crippen molar-refractivity contribution in [2.24, 2.45) is 46.3 Å². The molecule has 0 spiro atoms. The lowest BCUT2D eigenvalue weighted by Gasteiger charge is -2.63. The predicted molar refractivity (Wildman–Crippen MR) is 150 cm³/mol. The molecule has 4 fully saturated rings. The van der Waals surface area contributed by atoms with Gasteiger partial charge in [-0.05, 0) is 110 Å². The fourth-order valence-electron chi connectivity index (χ4n) is 10.1. The van der Waals surface area contributed by atoms with Crippen LogP contribution in [0.5, 0.6) is 5.75 Å². The number of rotatable bonds is 5. The van der Waals surface area contributed by atoms with Gasteiger partial charge >= 0.3 is 0 Å². The fourth-order valence-corrected chi connectivity index (χ4v) is 10.1. The first kappa shape index (κ1) is 27.2. The van der Waals surface area contributed by atoms with Crippen LogP contribution in [0, 0.1) is 46.3 Å². The summed E-state index contributed by atoms with van der Waals surface area (Å²) >= 11 is 0. The van der Waals surface area contributed by atoms with E-state index in [-0.39, 0.29) is 40.6 Å². The lowest BCUT2D eigenvalue weighted by Crippen LogP contribution is -2.62. The Morgan fingerprint density at radius 1 is 1.10 bits per heavy atom. The Balaban J connectivity index is 1.21. The van der Waals surface area contributed by atoms with Crippen LogP contribution in [0.15, 0.2) is 23.0 Å². The monoisotopic (exact) mass is 538 g/mol. The molecule has 2 aromatic rings. The number of aryl methyl sites for hydroxylation is 1. The van der Waals surface area contributed by atoms with Crippen molar-refractivity contribution < 1.29 is 20.1 Å². The van der Waals surface area contributed by atoms with E-state index < -0.39 is 0 Å². The van der Waals surface area contributed by atoms with Gasteiger partial charge in [0.05, 0.1) is 36.3 Å². The summed E-state index contributed by atoms with van der Waals surface area (Å²) < 4.78 is 5.32. The van der Waals surface area contributed by atoms with Crippen LogP contribution in [0.1, 0.15) is 78.0 Å². The van der Waals surface area contributed by atoms with E-state index in [1.54, 1.807) is 19.2 Å². The summed E-state index contributed by atoms with van der Waals surface area (Å²) in [5.41, 5.74) is 0.387.